The lowest BCUT2D eigenvalue weighted by Gasteiger charge is -2.29. The second kappa shape index (κ2) is 10.0. The minimum absolute atomic E-state index is 0.480. The highest BCUT2D eigenvalue weighted by Crippen LogP contribution is 2.19. The van der Waals surface area contributed by atoms with E-state index in [2.05, 4.69) is 19.2 Å². The molecule has 0 aromatic carbocycles. The van der Waals surface area contributed by atoms with Crippen LogP contribution in [0.2, 0.25) is 6.04 Å². The van der Waals surface area contributed by atoms with Gasteiger partial charge in [-0.25, -0.2) is 0 Å². The molecule has 0 radical (unpaired) electrons. The highest BCUT2D eigenvalue weighted by molar-refractivity contribution is 6.60. The second-order valence-electron chi connectivity index (χ2n) is 3.98. The highest BCUT2D eigenvalue weighted by Gasteiger charge is 2.40. The molecular weight excluding hydrogens is 234 g/mol. The number of rotatable bonds is 11. The molecular formula is C12H29NO3Si. The van der Waals surface area contributed by atoms with Crippen molar-refractivity contribution in [3.05, 3.63) is 0 Å². The lowest BCUT2D eigenvalue weighted by molar-refractivity contribution is 0.0701. The van der Waals surface area contributed by atoms with E-state index in [-0.39, 0.29) is 0 Å². The molecule has 0 amide bonds. The predicted molar refractivity (Wildman–Crippen MR) is 73.2 cm³/mol. The SMILES string of the molecule is CCNC(C)CC[Si](OCC)(OCC)OCC. The van der Waals surface area contributed by atoms with Gasteiger partial charge in [-0.2, -0.15) is 0 Å². The smallest absolute Gasteiger partial charge is 0.374 e. The molecule has 5 heteroatoms. The Bertz CT molecular complexity index is 164. The predicted octanol–water partition coefficient (Wildman–Crippen LogP) is 2.42. The average molecular weight is 263 g/mol. The normalized spacial score (nSPS) is 13.9. The van der Waals surface area contributed by atoms with E-state index in [1.54, 1.807) is 0 Å². The van der Waals surface area contributed by atoms with Crippen molar-refractivity contribution in [3.63, 3.8) is 0 Å². The Kier molecular flexibility index (Phi) is 10.1. The van der Waals surface area contributed by atoms with Crippen LogP contribution >= 0.6 is 0 Å². The van der Waals surface area contributed by atoms with Crippen LogP contribution in [-0.4, -0.2) is 41.2 Å². The Morgan fingerprint density at radius 2 is 1.41 bits per heavy atom. The summed E-state index contributed by atoms with van der Waals surface area (Å²) in [7, 11) is -2.43. The van der Waals surface area contributed by atoms with Gasteiger partial charge in [0.1, 0.15) is 0 Å². The molecule has 0 saturated carbocycles. The van der Waals surface area contributed by atoms with Crippen LogP contribution in [0.1, 0.15) is 41.0 Å². The number of hydrogen-bond donors (Lipinski definition) is 1. The standard InChI is InChI=1S/C12H29NO3Si/c1-6-13-12(5)10-11-17(14-7-2,15-8-3)16-9-4/h12-13H,6-11H2,1-5H3. The molecule has 1 unspecified atom stereocenters. The van der Waals surface area contributed by atoms with Crippen LogP contribution in [-0.2, 0) is 13.3 Å². The van der Waals surface area contributed by atoms with Crippen LogP contribution in [0.5, 0.6) is 0 Å². The summed E-state index contributed by atoms with van der Waals surface area (Å²) in [6.07, 6.45) is 1.03. The van der Waals surface area contributed by atoms with Gasteiger partial charge in [0.2, 0.25) is 0 Å². The lowest BCUT2D eigenvalue weighted by Crippen LogP contribution is -2.47. The second-order valence-corrected chi connectivity index (χ2v) is 6.71. The molecule has 0 aliphatic carbocycles. The van der Waals surface area contributed by atoms with E-state index in [0.717, 1.165) is 19.0 Å². The van der Waals surface area contributed by atoms with Crippen LogP contribution in [0, 0.1) is 0 Å². The maximum absolute atomic E-state index is 5.81. The first kappa shape index (κ1) is 17.1. The van der Waals surface area contributed by atoms with Crippen LogP contribution < -0.4 is 5.32 Å². The van der Waals surface area contributed by atoms with Crippen molar-refractivity contribution in [1.82, 2.24) is 5.32 Å². The van der Waals surface area contributed by atoms with Crippen molar-refractivity contribution in [1.29, 1.82) is 0 Å². The molecule has 0 aromatic heterocycles. The number of hydrogen-bond acceptors (Lipinski definition) is 4. The van der Waals surface area contributed by atoms with Crippen LogP contribution in [0.3, 0.4) is 0 Å². The maximum Gasteiger partial charge on any atom is 0.500 e. The molecule has 104 valence electrons. The zero-order chi connectivity index (χ0) is 13.1. The van der Waals surface area contributed by atoms with E-state index in [9.17, 15) is 0 Å². The van der Waals surface area contributed by atoms with Gasteiger partial charge in [-0.15, -0.1) is 0 Å². The molecule has 17 heavy (non-hydrogen) atoms. The topological polar surface area (TPSA) is 39.7 Å². The van der Waals surface area contributed by atoms with Crippen molar-refractivity contribution in [2.75, 3.05) is 26.4 Å². The van der Waals surface area contributed by atoms with Gasteiger partial charge < -0.3 is 18.6 Å². The van der Waals surface area contributed by atoms with Gasteiger partial charge in [0.25, 0.3) is 0 Å². The Morgan fingerprint density at radius 1 is 0.941 bits per heavy atom. The maximum atomic E-state index is 5.81. The van der Waals surface area contributed by atoms with E-state index in [1.165, 1.54) is 0 Å². The Morgan fingerprint density at radius 3 is 1.76 bits per heavy atom. The monoisotopic (exact) mass is 263 g/mol. The summed E-state index contributed by atoms with van der Waals surface area (Å²) in [5, 5.41) is 3.40. The van der Waals surface area contributed by atoms with Crippen molar-refractivity contribution in [3.8, 4) is 0 Å². The summed E-state index contributed by atoms with van der Waals surface area (Å²) in [5.41, 5.74) is 0. The van der Waals surface area contributed by atoms with Gasteiger partial charge in [-0.05, 0) is 40.7 Å². The van der Waals surface area contributed by atoms with E-state index in [1.807, 2.05) is 20.8 Å². The molecule has 0 aromatic rings. The fraction of sp³-hybridized carbons (Fsp3) is 1.00. The third kappa shape index (κ3) is 7.16. The first-order valence-electron chi connectivity index (χ1n) is 6.79. The minimum Gasteiger partial charge on any atom is -0.374 e. The molecule has 1 atom stereocenters. The molecule has 4 nitrogen and oxygen atoms in total. The number of nitrogens with one attached hydrogen (secondary N) is 1. The van der Waals surface area contributed by atoms with Gasteiger partial charge >= 0.3 is 8.80 Å². The molecule has 0 spiro atoms. The first-order chi connectivity index (χ1) is 8.14. The quantitative estimate of drug-likeness (QED) is 0.581. The largest absolute Gasteiger partial charge is 0.500 e. The van der Waals surface area contributed by atoms with E-state index >= 15 is 0 Å². The summed E-state index contributed by atoms with van der Waals surface area (Å²) in [6, 6.07) is 1.37. The summed E-state index contributed by atoms with van der Waals surface area (Å²) in [6.45, 7) is 13.2. The van der Waals surface area contributed by atoms with Gasteiger partial charge in [0.05, 0.1) is 0 Å². The molecule has 1 N–H and O–H groups in total. The molecule has 0 aliphatic heterocycles. The van der Waals surface area contributed by atoms with E-state index in [0.29, 0.717) is 25.9 Å². The van der Waals surface area contributed by atoms with Crippen LogP contribution in [0.25, 0.3) is 0 Å². The molecule has 0 heterocycles. The summed E-state index contributed by atoms with van der Waals surface area (Å²) >= 11 is 0. The van der Waals surface area contributed by atoms with Crippen LogP contribution in [0.15, 0.2) is 0 Å². The van der Waals surface area contributed by atoms with E-state index < -0.39 is 8.80 Å². The molecule has 0 aliphatic rings. The zero-order valence-corrected chi connectivity index (χ0v) is 13.0. The fourth-order valence-electron chi connectivity index (χ4n) is 1.85. The molecule has 0 bridgehead atoms. The fourth-order valence-corrected chi connectivity index (χ4v) is 4.63. The summed E-state index contributed by atoms with van der Waals surface area (Å²) < 4.78 is 17.4. The minimum atomic E-state index is -2.43. The van der Waals surface area contributed by atoms with Crippen molar-refractivity contribution < 1.29 is 13.3 Å². The van der Waals surface area contributed by atoms with Gasteiger partial charge in [0, 0.05) is 31.9 Å². The Labute approximate surface area is 107 Å². The Hall–Kier alpha value is 0.0569. The van der Waals surface area contributed by atoms with Gasteiger partial charge in [0.15, 0.2) is 0 Å². The Balaban J connectivity index is 4.32. The average Bonchev–Trinajstić information content (AvgIpc) is 2.28. The van der Waals surface area contributed by atoms with Gasteiger partial charge in [-0.3, -0.25) is 0 Å². The third-order valence-electron chi connectivity index (χ3n) is 2.53. The van der Waals surface area contributed by atoms with Crippen molar-refractivity contribution >= 4 is 8.80 Å². The molecule has 0 fully saturated rings. The zero-order valence-electron chi connectivity index (χ0n) is 12.0. The van der Waals surface area contributed by atoms with Gasteiger partial charge in [-0.1, -0.05) is 6.92 Å². The lowest BCUT2D eigenvalue weighted by atomic mass is 10.3. The highest BCUT2D eigenvalue weighted by atomic mass is 28.4. The van der Waals surface area contributed by atoms with Crippen LogP contribution in [0.4, 0.5) is 0 Å². The van der Waals surface area contributed by atoms with Crippen molar-refractivity contribution in [2.24, 2.45) is 0 Å². The first-order valence-corrected chi connectivity index (χ1v) is 8.72. The third-order valence-corrected chi connectivity index (χ3v) is 5.62. The summed E-state index contributed by atoms with van der Waals surface area (Å²) in [4.78, 5) is 0. The summed E-state index contributed by atoms with van der Waals surface area (Å²) in [5.74, 6) is 0. The molecule has 0 rings (SSSR count). The molecule has 0 saturated heterocycles. The van der Waals surface area contributed by atoms with E-state index in [4.69, 9.17) is 13.3 Å². The van der Waals surface area contributed by atoms with Crippen molar-refractivity contribution in [2.45, 2.75) is 53.1 Å².